The zero-order chi connectivity index (χ0) is 13.4. The van der Waals surface area contributed by atoms with Gasteiger partial charge in [-0.15, -0.1) is 0 Å². The Kier molecular flexibility index (Phi) is 3.35. The molecule has 1 unspecified atom stereocenters. The number of hydrogen-bond acceptors (Lipinski definition) is 2. The highest BCUT2D eigenvalue weighted by molar-refractivity contribution is 9.10. The summed E-state index contributed by atoms with van der Waals surface area (Å²) in [6.45, 7) is 0. The van der Waals surface area contributed by atoms with E-state index >= 15 is 0 Å². The third-order valence-corrected chi connectivity index (χ3v) is 3.92. The standard InChI is InChI=1S/C15H10BrClO2/c16-12-6-5-10(17)8-11(12)15(18)14-7-9-3-1-2-4-13(9)19-14/h1-8,15,18H. The van der Waals surface area contributed by atoms with Crippen molar-refractivity contribution < 1.29 is 9.52 Å². The second kappa shape index (κ2) is 5.00. The molecule has 3 aromatic rings. The smallest absolute Gasteiger partial charge is 0.138 e. The molecule has 0 saturated carbocycles. The van der Waals surface area contributed by atoms with Crippen LogP contribution in [-0.4, -0.2) is 5.11 Å². The summed E-state index contributed by atoms with van der Waals surface area (Å²) in [5.74, 6) is 0.504. The summed E-state index contributed by atoms with van der Waals surface area (Å²) in [5.41, 5.74) is 1.45. The summed E-state index contributed by atoms with van der Waals surface area (Å²) < 4.78 is 6.46. The van der Waals surface area contributed by atoms with Gasteiger partial charge in [0.25, 0.3) is 0 Å². The van der Waals surface area contributed by atoms with Gasteiger partial charge >= 0.3 is 0 Å². The molecule has 0 aliphatic heterocycles. The van der Waals surface area contributed by atoms with Gasteiger partial charge in [0.05, 0.1) is 0 Å². The third kappa shape index (κ3) is 2.41. The average molecular weight is 338 g/mol. The van der Waals surface area contributed by atoms with E-state index in [1.54, 1.807) is 12.1 Å². The van der Waals surface area contributed by atoms with E-state index < -0.39 is 6.10 Å². The normalized spacial score (nSPS) is 12.8. The number of halogens is 2. The lowest BCUT2D eigenvalue weighted by molar-refractivity contribution is 0.191. The highest BCUT2D eigenvalue weighted by atomic mass is 79.9. The number of fused-ring (bicyclic) bond motifs is 1. The molecule has 1 heterocycles. The Morgan fingerprint density at radius 1 is 1.11 bits per heavy atom. The monoisotopic (exact) mass is 336 g/mol. The van der Waals surface area contributed by atoms with Crippen LogP contribution in [0.5, 0.6) is 0 Å². The van der Waals surface area contributed by atoms with E-state index in [2.05, 4.69) is 15.9 Å². The van der Waals surface area contributed by atoms with Gasteiger partial charge in [-0.3, -0.25) is 0 Å². The van der Waals surface area contributed by atoms with Crippen LogP contribution in [0.3, 0.4) is 0 Å². The predicted octanol–water partition coefficient (Wildman–Crippen LogP) is 4.93. The lowest BCUT2D eigenvalue weighted by Crippen LogP contribution is -1.99. The minimum atomic E-state index is -0.847. The number of hydrogen-bond donors (Lipinski definition) is 1. The maximum atomic E-state index is 10.4. The van der Waals surface area contributed by atoms with Crippen LogP contribution in [0.2, 0.25) is 5.02 Å². The van der Waals surface area contributed by atoms with Crippen LogP contribution in [0, 0.1) is 0 Å². The summed E-state index contributed by atoms with van der Waals surface area (Å²) in [7, 11) is 0. The van der Waals surface area contributed by atoms with Crippen LogP contribution in [-0.2, 0) is 0 Å². The lowest BCUT2D eigenvalue weighted by Gasteiger charge is -2.10. The van der Waals surface area contributed by atoms with E-state index in [0.29, 0.717) is 16.3 Å². The molecule has 0 radical (unpaired) electrons. The van der Waals surface area contributed by atoms with Crippen molar-refractivity contribution in [2.45, 2.75) is 6.10 Å². The zero-order valence-corrected chi connectivity index (χ0v) is 12.1. The summed E-state index contributed by atoms with van der Waals surface area (Å²) in [4.78, 5) is 0. The van der Waals surface area contributed by atoms with Crippen molar-refractivity contribution in [3.05, 3.63) is 69.3 Å². The molecule has 0 spiro atoms. The van der Waals surface area contributed by atoms with Crippen molar-refractivity contribution in [3.63, 3.8) is 0 Å². The number of furan rings is 1. The Morgan fingerprint density at radius 2 is 1.89 bits per heavy atom. The van der Waals surface area contributed by atoms with E-state index in [9.17, 15) is 5.11 Å². The molecular formula is C15H10BrClO2. The Labute approximate surface area is 123 Å². The Balaban J connectivity index is 2.07. The largest absolute Gasteiger partial charge is 0.458 e. The molecule has 1 atom stereocenters. The van der Waals surface area contributed by atoms with Crippen molar-refractivity contribution >= 4 is 38.5 Å². The second-order valence-corrected chi connectivity index (χ2v) is 5.55. The van der Waals surface area contributed by atoms with Gasteiger partial charge in [-0.2, -0.15) is 0 Å². The molecule has 0 amide bonds. The van der Waals surface area contributed by atoms with Gasteiger partial charge in [0, 0.05) is 20.4 Å². The van der Waals surface area contributed by atoms with E-state index in [1.165, 1.54) is 0 Å². The summed E-state index contributed by atoms with van der Waals surface area (Å²) in [5, 5.41) is 12.0. The maximum absolute atomic E-state index is 10.4. The Hall–Kier alpha value is -1.29. The molecule has 19 heavy (non-hydrogen) atoms. The Bertz CT molecular complexity index is 703. The minimum absolute atomic E-state index is 0.504. The molecule has 0 aliphatic carbocycles. The highest BCUT2D eigenvalue weighted by Gasteiger charge is 2.18. The molecule has 0 aliphatic rings. The number of para-hydroxylation sites is 1. The fraction of sp³-hybridized carbons (Fsp3) is 0.0667. The van der Waals surface area contributed by atoms with Gasteiger partial charge in [-0.25, -0.2) is 0 Å². The molecule has 2 nitrogen and oxygen atoms in total. The molecule has 1 N–H and O–H groups in total. The van der Waals surface area contributed by atoms with E-state index in [1.807, 2.05) is 36.4 Å². The van der Waals surface area contributed by atoms with Gasteiger partial charge in [0.15, 0.2) is 0 Å². The van der Waals surface area contributed by atoms with Crippen LogP contribution in [0.15, 0.2) is 57.4 Å². The molecule has 0 bridgehead atoms. The Morgan fingerprint density at radius 3 is 2.68 bits per heavy atom. The first-order chi connectivity index (χ1) is 9.15. The molecule has 4 heteroatoms. The van der Waals surface area contributed by atoms with Crippen LogP contribution in [0.25, 0.3) is 11.0 Å². The van der Waals surface area contributed by atoms with E-state index in [0.717, 1.165) is 15.4 Å². The third-order valence-electron chi connectivity index (χ3n) is 2.97. The number of aliphatic hydroxyl groups excluding tert-OH is 1. The summed E-state index contributed by atoms with van der Waals surface area (Å²) in [6.07, 6.45) is -0.847. The van der Waals surface area contributed by atoms with Crippen LogP contribution in [0.4, 0.5) is 0 Å². The van der Waals surface area contributed by atoms with Crippen molar-refractivity contribution in [1.82, 2.24) is 0 Å². The topological polar surface area (TPSA) is 33.4 Å². The van der Waals surface area contributed by atoms with Gasteiger partial charge in [0.2, 0.25) is 0 Å². The van der Waals surface area contributed by atoms with Crippen LogP contribution < -0.4 is 0 Å². The number of aliphatic hydroxyl groups is 1. The molecule has 0 saturated heterocycles. The fourth-order valence-electron chi connectivity index (χ4n) is 2.01. The minimum Gasteiger partial charge on any atom is -0.458 e. The number of benzene rings is 2. The van der Waals surface area contributed by atoms with Gasteiger partial charge in [-0.1, -0.05) is 45.7 Å². The molecule has 96 valence electrons. The van der Waals surface area contributed by atoms with Crippen LogP contribution in [0.1, 0.15) is 17.4 Å². The van der Waals surface area contributed by atoms with E-state index in [4.69, 9.17) is 16.0 Å². The highest BCUT2D eigenvalue weighted by Crippen LogP contribution is 2.33. The van der Waals surface area contributed by atoms with Crippen molar-refractivity contribution in [2.24, 2.45) is 0 Å². The van der Waals surface area contributed by atoms with Crippen LogP contribution >= 0.6 is 27.5 Å². The zero-order valence-electron chi connectivity index (χ0n) is 9.81. The van der Waals surface area contributed by atoms with Gasteiger partial charge < -0.3 is 9.52 Å². The lowest BCUT2D eigenvalue weighted by atomic mass is 10.1. The maximum Gasteiger partial charge on any atom is 0.138 e. The van der Waals surface area contributed by atoms with Gasteiger partial charge in [0.1, 0.15) is 17.4 Å². The SMILES string of the molecule is OC(c1cc2ccccc2o1)c1cc(Cl)ccc1Br. The first kappa shape index (κ1) is 12.7. The molecular weight excluding hydrogens is 328 g/mol. The molecule has 0 fully saturated rings. The molecule has 2 aromatic carbocycles. The quantitative estimate of drug-likeness (QED) is 0.719. The van der Waals surface area contributed by atoms with Crippen molar-refractivity contribution in [2.75, 3.05) is 0 Å². The predicted molar refractivity (Wildman–Crippen MR) is 79.4 cm³/mol. The molecule has 1 aromatic heterocycles. The number of rotatable bonds is 2. The average Bonchev–Trinajstić information content (AvgIpc) is 2.84. The van der Waals surface area contributed by atoms with E-state index in [-0.39, 0.29) is 0 Å². The summed E-state index contributed by atoms with van der Waals surface area (Å²) >= 11 is 9.38. The summed E-state index contributed by atoms with van der Waals surface area (Å²) in [6, 6.07) is 14.8. The first-order valence-corrected chi connectivity index (χ1v) is 6.94. The van der Waals surface area contributed by atoms with Gasteiger partial charge in [-0.05, 0) is 30.3 Å². The second-order valence-electron chi connectivity index (χ2n) is 4.25. The first-order valence-electron chi connectivity index (χ1n) is 5.76. The van der Waals surface area contributed by atoms with Crippen molar-refractivity contribution in [3.8, 4) is 0 Å². The van der Waals surface area contributed by atoms with Crippen molar-refractivity contribution in [1.29, 1.82) is 0 Å². The molecule has 3 rings (SSSR count). The fourth-order valence-corrected chi connectivity index (χ4v) is 2.66.